The number of fused-ring (bicyclic) bond motifs is 1. The fourth-order valence-electron chi connectivity index (χ4n) is 3.80. The minimum Gasteiger partial charge on any atom is -0.493 e. The van der Waals surface area contributed by atoms with Crippen molar-refractivity contribution in [3.05, 3.63) is 58.1 Å². The predicted molar refractivity (Wildman–Crippen MR) is 112 cm³/mol. The van der Waals surface area contributed by atoms with E-state index in [1.807, 2.05) is 41.3 Å². The topological polar surface area (TPSA) is 38.8 Å². The largest absolute Gasteiger partial charge is 0.493 e. The molecule has 0 saturated carbocycles. The number of carbonyl (C=O) groups is 1. The summed E-state index contributed by atoms with van der Waals surface area (Å²) in [6.45, 7) is 6.90. The van der Waals surface area contributed by atoms with Crippen LogP contribution in [0, 0.1) is 5.41 Å². The van der Waals surface area contributed by atoms with Crippen molar-refractivity contribution >= 4 is 17.5 Å². The molecule has 0 aliphatic carbocycles. The van der Waals surface area contributed by atoms with Gasteiger partial charge in [-0.2, -0.15) is 0 Å². The predicted octanol–water partition coefficient (Wildman–Crippen LogP) is 5.27. The van der Waals surface area contributed by atoms with E-state index in [-0.39, 0.29) is 17.4 Å². The summed E-state index contributed by atoms with van der Waals surface area (Å²) < 4.78 is 11.0. The normalized spacial score (nSPS) is 16.5. The second-order valence-electron chi connectivity index (χ2n) is 8.40. The minimum atomic E-state index is -0.243. The van der Waals surface area contributed by atoms with Gasteiger partial charge in [-0.1, -0.05) is 50.6 Å². The summed E-state index contributed by atoms with van der Waals surface area (Å²) in [7, 11) is 3.26. The summed E-state index contributed by atoms with van der Waals surface area (Å²) >= 11 is 6.57. The first kappa shape index (κ1) is 20.5. The monoisotopic (exact) mass is 401 g/mol. The highest BCUT2D eigenvalue weighted by molar-refractivity contribution is 6.31. The molecule has 0 aromatic heterocycles. The van der Waals surface area contributed by atoms with Gasteiger partial charge in [0.15, 0.2) is 11.5 Å². The van der Waals surface area contributed by atoms with Crippen LogP contribution in [0.3, 0.4) is 0 Å². The maximum atomic E-state index is 13.2. The van der Waals surface area contributed by atoms with E-state index in [9.17, 15) is 4.79 Å². The van der Waals surface area contributed by atoms with Gasteiger partial charge < -0.3 is 14.4 Å². The first-order valence-electron chi connectivity index (χ1n) is 9.54. The van der Waals surface area contributed by atoms with Crippen LogP contribution < -0.4 is 9.47 Å². The molecule has 1 aliphatic heterocycles. The molecule has 4 nitrogen and oxygen atoms in total. The quantitative estimate of drug-likeness (QED) is 0.700. The Morgan fingerprint density at radius 2 is 1.75 bits per heavy atom. The molecule has 2 aromatic carbocycles. The summed E-state index contributed by atoms with van der Waals surface area (Å²) in [5.41, 5.74) is 3.04. The minimum absolute atomic E-state index is 0.0833. The smallest absolute Gasteiger partial charge is 0.223 e. The Morgan fingerprint density at radius 3 is 2.36 bits per heavy atom. The molecule has 1 atom stereocenters. The van der Waals surface area contributed by atoms with Crippen molar-refractivity contribution in [3.63, 3.8) is 0 Å². The summed E-state index contributed by atoms with van der Waals surface area (Å²) in [5, 5.41) is 0.656. The van der Waals surface area contributed by atoms with Crippen LogP contribution in [0.2, 0.25) is 5.02 Å². The number of ether oxygens (including phenoxy) is 2. The Kier molecular flexibility index (Phi) is 5.90. The molecular formula is C23H28ClNO3. The Labute approximate surface area is 172 Å². The highest BCUT2D eigenvalue weighted by atomic mass is 35.5. The van der Waals surface area contributed by atoms with Crippen LogP contribution in [-0.4, -0.2) is 31.6 Å². The van der Waals surface area contributed by atoms with E-state index in [0.717, 1.165) is 23.1 Å². The number of carbonyl (C=O) groups excluding carboxylic acids is 1. The lowest BCUT2D eigenvalue weighted by atomic mass is 9.85. The van der Waals surface area contributed by atoms with Gasteiger partial charge >= 0.3 is 0 Å². The SMILES string of the molecule is COc1cc2c(cc1OC)[C@@H](c1ccccc1Cl)N(C(=O)CC(C)(C)C)CC2. The van der Waals surface area contributed by atoms with Gasteiger partial charge in [0.25, 0.3) is 0 Å². The Morgan fingerprint density at radius 1 is 1.11 bits per heavy atom. The van der Waals surface area contributed by atoms with Crippen molar-refractivity contribution in [2.75, 3.05) is 20.8 Å². The van der Waals surface area contributed by atoms with Gasteiger partial charge in [-0.25, -0.2) is 0 Å². The Bertz CT molecular complexity index is 873. The number of methoxy groups -OCH3 is 2. The average molecular weight is 402 g/mol. The number of amides is 1. The molecule has 5 heteroatoms. The van der Waals surface area contributed by atoms with E-state index < -0.39 is 0 Å². The number of nitrogens with zero attached hydrogens (tertiary/aromatic N) is 1. The van der Waals surface area contributed by atoms with Gasteiger partial charge in [0.2, 0.25) is 5.91 Å². The van der Waals surface area contributed by atoms with Gasteiger partial charge in [0, 0.05) is 18.0 Å². The highest BCUT2D eigenvalue weighted by Crippen LogP contribution is 2.43. The van der Waals surface area contributed by atoms with Crippen molar-refractivity contribution in [1.29, 1.82) is 0 Å². The number of benzene rings is 2. The van der Waals surface area contributed by atoms with Crippen LogP contribution in [0.15, 0.2) is 36.4 Å². The number of halogens is 1. The summed E-state index contributed by atoms with van der Waals surface area (Å²) in [5.74, 6) is 1.50. The van der Waals surface area contributed by atoms with Gasteiger partial charge in [-0.3, -0.25) is 4.79 Å². The van der Waals surface area contributed by atoms with Crippen LogP contribution >= 0.6 is 11.6 Å². The van der Waals surface area contributed by atoms with Gasteiger partial charge in [-0.05, 0) is 46.7 Å². The lowest BCUT2D eigenvalue weighted by molar-refractivity contribution is -0.135. The third-order valence-electron chi connectivity index (χ3n) is 5.08. The summed E-state index contributed by atoms with van der Waals surface area (Å²) in [4.78, 5) is 15.2. The molecule has 3 rings (SSSR count). The van der Waals surface area contributed by atoms with Crippen LogP contribution in [0.1, 0.15) is 49.9 Å². The van der Waals surface area contributed by atoms with E-state index in [0.29, 0.717) is 29.5 Å². The third kappa shape index (κ3) is 4.12. The van der Waals surface area contributed by atoms with Crippen molar-refractivity contribution in [1.82, 2.24) is 4.90 Å². The van der Waals surface area contributed by atoms with Crippen molar-refractivity contribution in [2.45, 2.75) is 39.7 Å². The molecular weight excluding hydrogens is 374 g/mol. The van der Waals surface area contributed by atoms with Crippen LogP contribution in [-0.2, 0) is 11.2 Å². The lowest BCUT2D eigenvalue weighted by Crippen LogP contribution is -2.42. The molecule has 0 N–H and O–H groups in total. The maximum Gasteiger partial charge on any atom is 0.223 e. The zero-order valence-electron chi connectivity index (χ0n) is 17.2. The Hall–Kier alpha value is -2.20. The van der Waals surface area contributed by atoms with Crippen molar-refractivity contribution in [2.24, 2.45) is 5.41 Å². The van der Waals surface area contributed by atoms with E-state index in [1.165, 1.54) is 0 Å². The fraction of sp³-hybridized carbons (Fsp3) is 0.435. The maximum absolute atomic E-state index is 13.2. The Balaban J connectivity index is 2.14. The zero-order valence-corrected chi connectivity index (χ0v) is 18.0. The molecule has 0 bridgehead atoms. The average Bonchev–Trinajstić information content (AvgIpc) is 2.65. The van der Waals surface area contributed by atoms with Gasteiger partial charge in [-0.15, -0.1) is 0 Å². The van der Waals surface area contributed by atoms with E-state index in [2.05, 4.69) is 20.8 Å². The third-order valence-corrected chi connectivity index (χ3v) is 5.42. The standard InChI is InChI=1S/C23H28ClNO3/c1-23(2,3)14-21(26)25-11-10-15-12-19(27-4)20(28-5)13-17(15)22(25)16-8-6-7-9-18(16)24/h6-9,12-13,22H,10-11,14H2,1-5H3/t22-/m1/s1. The molecule has 1 amide bonds. The molecule has 28 heavy (non-hydrogen) atoms. The number of rotatable bonds is 4. The second kappa shape index (κ2) is 8.04. The molecule has 0 saturated heterocycles. The number of hydrogen-bond donors (Lipinski definition) is 0. The first-order chi connectivity index (χ1) is 13.2. The van der Waals surface area contributed by atoms with E-state index in [1.54, 1.807) is 14.2 Å². The highest BCUT2D eigenvalue weighted by Gasteiger charge is 2.35. The summed E-state index contributed by atoms with van der Waals surface area (Å²) in [6, 6.07) is 11.5. The molecule has 2 aromatic rings. The number of hydrogen-bond acceptors (Lipinski definition) is 3. The zero-order chi connectivity index (χ0) is 20.5. The first-order valence-corrected chi connectivity index (χ1v) is 9.91. The van der Waals surface area contributed by atoms with E-state index >= 15 is 0 Å². The van der Waals surface area contributed by atoms with Crippen molar-refractivity contribution in [3.8, 4) is 11.5 Å². The molecule has 0 fully saturated rings. The lowest BCUT2D eigenvalue weighted by Gasteiger charge is -2.39. The van der Waals surface area contributed by atoms with Gasteiger partial charge in [0.05, 0.1) is 20.3 Å². The second-order valence-corrected chi connectivity index (χ2v) is 8.81. The van der Waals surface area contributed by atoms with Crippen LogP contribution in [0.4, 0.5) is 0 Å². The molecule has 0 unspecified atom stereocenters. The summed E-state index contributed by atoms with van der Waals surface area (Å²) in [6.07, 6.45) is 1.25. The van der Waals surface area contributed by atoms with Crippen LogP contribution in [0.25, 0.3) is 0 Å². The molecule has 1 aliphatic rings. The van der Waals surface area contributed by atoms with Crippen LogP contribution in [0.5, 0.6) is 11.5 Å². The molecule has 1 heterocycles. The molecule has 150 valence electrons. The fourth-order valence-corrected chi connectivity index (χ4v) is 4.04. The molecule has 0 spiro atoms. The van der Waals surface area contributed by atoms with Crippen molar-refractivity contribution < 1.29 is 14.3 Å². The molecule has 0 radical (unpaired) electrons. The van der Waals surface area contributed by atoms with Gasteiger partial charge in [0.1, 0.15) is 0 Å². The van der Waals surface area contributed by atoms with E-state index in [4.69, 9.17) is 21.1 Å².